The highest BCUT2D eigenvalue weighted by atomic mass is 32.2. The smallest absolute Gasteiger partial charge is 0.286 e. The van der Waals surface area contributed by atoms with Crippen molar-refractivity contribution >= 4 is 34.7 Å². The van der Waals surface area contributed by atoms with Crippen LogP contribution < -0.4 is 10.1 Å². The number of carbonyl (C=O) groups is 1. The highest BCUT2D eigenvalue weighted by Crippen LogP contribution is 2.26. The predicted octanol–water partition coefficient (Wildman–Crippen LogP) is 4.23. The van der Waals surface area contributed by atoms with Crippen molar-refractivity contribution in [3.8, 4) is 5.75 Å². The first-order valence-corrected chi connectivity index (χ1v) is 9.10. The molecule has 0 spiro atoms. The lowest BCUT2D eigenvalue weighted by Gasteiger charge is -2.02. The molecule has 3 aromatic rings. The van der Waals surface area contributed by atoms with E-state index < -0.39 is 0 Å². The summed E-state index contributed by atoms with van der Waals surface area (Å²) in [4.78, 5) is 13.2. The van der Waals surface area contributed by atoms with E-state index >= 15 is 0 Å². The normalized spacial score (nSPS) is 10.5. The molecule has 8 heteroatoms. The highest BCUT2D eigenvalue weighted by molar-refractivity contribution is 7.98. The Morgan fingerprint density at radius 1 is 1.16 bits per heavy atom. The molecule has 1 N–H and O–H groups in total. The number of carbonyl (C=O) groups excluding carboxylic acids is 1. The van der Waals surface area contributed by atoms with E-state index in [-0.39, 0.29) is 16.7 Å². The van der Waals surface area contributed by atoms with E-state index in [1.165, 1.54) is 35.6 Å². The van der Waals surface area contributed by atoms with Crippen molar-refractivity contribution in [1.82, 2.24) is 10.2 Å². The molecular weight excluding hydrogens is 361 g/mol. The molecule has 0 radical (unpaired) electrons. The van der Waals surface area contributed by atoms with E-state index in [1.54, 1.807) is 18.9 Å². The Hall–Kier alpha value is -2.45. The Balaban J connectivity index is 1.57. The summed E-state index contributed by atoms with van der Waals surface area (Å²) in [7, 11) is 1.63. The van der Waals surface area contributed by atoms with Gasteiger partial charge in [-0.05, 0) is 48.5 Å². The van der Waals surface area contributed by atoms with Crippen LogP contribution in [0.1, 0.15) is 14.8 Å². The molecule has 1 heterocycles. The minimum atomic E-state index is -0.357. The molecule has 0 saturated carbocycles. The van der Waals surface area contributed by atoms with Crippen LogP contribution in [0.5, 0.6) is 5.75 Å². The maximum atomic E-state index is 12.9. The quantitative estimate of drug-likeness (QED) is 0.653. The SMILES string of the molecule is COc1ccc(SCc2nnc(C(=O)Nc3ccc(F)cc3)s2)cc1. The summed E-state index contributed by atoms with van der Waals surface area (Å²) < 4.78 is 18.0. The molecule has 0 aliphatic carbocycles. The Morgan fingerprint density at radius 3 is 2.56 bits per heavy atom. The van der Waals surface area contributed by atoms with E-state index in [2.05, 4.69) is 15.5 Å². The molecule has 3 rings (SSSR count). The van der Waals surface area contributed by atoms with E-state index in [0.717, 1.165) is 15.7 Å². The van der Waals surface area contributed by atoms with Gasteiger partial charge >= 0.3 is 0 Å². The summed E-state index contributed by atoms with van der Waals surface area (Å²) in [5.74, 6) is 0.713. The van der Waals surface area contributed by atoms with Crippen molar-refractivity contribution in [3.63, 3.8) is 0 Å². The average molecular weight is 375 g/mol. The topological polar surface area (TPSA) is 64.1 Å². The second-order valence-corrected chi connectivity index (χ2v) is 7.04. The largest absolute Gasteiger partial charge is 0.497 e. The second kappa shape index (κ2) is 8.09. The van der Waals surface area contributed by atoms with Gasteiger partial charge < -0.3 is 10.1 Å². The van der Waals surface area contributed by atoms with Crippen molar-refractivity contribution in [2.45, 2.75) is 10.6 Å². The first kappa shape index (κ1) is 17.4. The molecule has 0 atom stereocenters. The summed E-state index contributed by atoms with van der Waals surface area (Å²) >= 11 is 2.84. The van der Waals surface area contributed by atoms with Crippen LogP contribution in [0.25, 0.3) is 0 Å². The number of anilines is 1. The molecule has 0 aliphatic rings. The van der Waals surface area contributed by atoms with Gasteiger partial charge in [0.05, 0.1) is 12.9 Å². The summed E-state index contributed by atoms with van der Waals surface area (Å²) in [5, 5.41) is 11.7. The summed E-state index contributed by atoms with van der Waals surface area (Å²) in [6.45, 7) is 0. The number of thioether (sulfide) groups is 1. The number of rotatable bonds is 6. The molecule has 5 nitrogen and oxygen atoms in total. The first-order chi connectivity index (χ1) is 12.1. The van der Waals surface area contributed by atoms with Crippen LogP contribution in [0, 0.1) is 5.82 Å². The maximum absolute atomic E-state index is 12.9. The Morgan fingerprint density at radius 2 is 1.88 bits per heavy atom. The van der Waals surface area contributed by atoms with Crippen LogP contribution in [0.15, 0.2) is 53.4 Å². The minimum absolute atomic E-state index is 0.273. The number of methoxy groups -OCH3 is 1. The van der Waals surface area contributed by atoms with Crippen LogP contribution in [-0.4, -0.2) is 23.2 Å². The molecule has 1 amide bonds. The van der Waals surface area contributed by atoms with E-state index in [0.29, 0.717) is 11.4 Å². The van der Waals surface area contributed by atoms with Crippen LogP contribution in [0.4, 0.5) is 10.1 Å². The third kappa shape index (κ3) is 4.77. The number of halogens is 1. The molecule has 0 fully saturated rings. The van der Waals surface area contributed by atoms with E-state index in [9.17, 15) is 9.18 Å². The number of aromatic nitrogens is 2. The highest BCUT2D eigenvalue weighted by Gasteiger charge is 2.13. The van der Waals surface area contributed by atoms with Gasteiger partial charge in [-0.25, -0.2) is 4.39 Å². The third-order valence-electron chi connectivity index (χ3n) is 3.18. The zero-order chi connectivity index (χ0) is 17.6. The fourth-order valence-corrected chi connectivity index (χ4v) is 3.56. The Bertz CT molecular complexity index is 851. The summed E-state index contributed by atoms with van der Waals surface area (Å²) in [6, 6.07) is 13.3. The molecule has 128 valence electrons. The van der Waals surface area contributed by atoms with Gasteiger partial charge in [0.25, 0.3) is 5.91 Å². The molecule has 25 heavy (non-hydrogen) atoms. The number of amides is 1. The zero-order valence-electron chi connectivity index (χ0n) is 13.2. The third-order valence-corrected chi connectivity index (χ3v) is 5.31. The Labute approximate surface area is 152 Å². The standard InChI is InChI=1S/C17H14FN3O2S2/c1-23-13-6-8-14(9-7-13)24-10-15-20-21-17(25-15)16(22)19-12-4-2-11(18)3-5-12/h2-9H,10H2,1H3,(H,19,22). The number of hydrogen-bond acceptors (Lipinski definition) is 6. The lowest BCUT2D eigenvalue weighted by Crippen LogP contribution is -2.11. The van der Waals surface area contributed by atoms with Gasteiger partial charge in [-0.2, -0.15) is 0 Å². The van der Waals surface area contributed by atoms with Gasteiger partial charge in [-0.3, -0.25) is 4.79 Å². The molecule has 0 unspecified atom stereocenters. The predicted molar refractivity (Wildman–Crippen MR) is 96.8 cm³/mol. The second-order valence-electron chi connectivity index (χ2n) is 4.93. The molecule has 0 bridgehead atoms. The van der Waals surface area contributed by atoms with Gasteiger partial charge in [0.15, 0.2) is 0 Å². The van der Waals surface area contributed by atoms with Gasteiger partial charge in [-0.15, -0.1) is 22.0 Å². The number of nitrogens with zero attached hydrogens (tertiary/aromatic N) is 2. The Kier molecular flexibility index (Phi) is 5.62. The first-order valence-electron chi connectivity index (χ1n) is 7.30. The lowest BCUT2D eigenvalue weighted by atomic mass is 10.3. The van der Waals surface area contributed by atoms with E-state index in [1.807, 2.05) is 24.3 Å². The summed E-state index contributed by atoms with van der Waals surface area (Å²) in [5.41, 5.74) is 0.510. The number of nitrogens with one attached hydrogen (secondary N) is 1. The number of ether oxygens (including phenoxy) is 1. The summed E-state index contributed by atoms with van der Waals surface area (Å²) in [6.07, 6.45) is 0. The fraction of sp³-hybridized carbons (Fsp3) is 0.118. The van der Waals surface area contributed by atoms with Crippen molar-refractivity contribution in [1.29, 1.82) is 0 Å². The monoisotopic (exact) mass is 375 g/mol. The number of hydrogen-bond donors (Lipinski definition) is 1. The van der Waals surface area contributed by atoms with Crippen LogP contribution in [0.2, 0.25) is 0 Å². The average Bonchev–Trinajstić information content (AvgIpc) is 3.11. The van der Waals surface area contributed by atoms with Crippen LogP contribution >= 0.6 is 23.1 Å². The van der Waals surface area contributed by atoms with Gasteiger partial charge in [0.2, 0.25) is 5.01 Å². The van der Waals surface area contributed by atoms with Gasteiger partial charge in [0.1, 0.15) is 16.6 Å². The molecule has 2 aromatic carbocycles. The van der Waals surface area contributed by atoms with Gasteiger partial charge in [-0.1, -0.05) is 11.3 Å². The van der Waals surface area contributed by atoms with Crippen molar-refractivity contribution < 1.29 is 13.9 Å². The zero-order valence-corrected chi connectivity index (χ0v) is 14.9. The maximum Gasteiger partial charge on any atom is 0.286 e. The van der Waals surface area contributed by atoms with Crippen molar-refractivity contribution in [2.75, 3.05) is 12.4 Å². The molecular formula is C17H14FN3O2S2. The van der Waals surface area contributed by atoms with Crippen molar-refractivity contribution in [2.24, 2.45) is 0 Å². The minimum Gasteiger partial charge on any atom is -0.497 e. The molecule has 1 aromatic heterocycles. The number of benzene rings is 2. The van der Waals surface area contributed by atoms with Crippen LogP contribution in [0.3, 0.4) is 0 Å². The fourth-order valence-electron chi connectivity index (χ4n) is 1.94. The van der Waals surface area contributed by atoms with E-state index in [4.69, 9.17) is 4.74 Å². The molecule has 0 saturated heterocycles. The molecule has 0 aliphatic heterocycles. The lowest BCUT2D eigenvalue weighted by molar-refractivity contribution is 0.102. The van der Waals surface area contributed by atoms with Crippen molar-refractivity contribution in [3.05, 3.63) is 64.4 Å². The van der Waals surface area contributed by atoms with Crippen LogP contribution in [-0.2, 0) is 5.75 Å². The van der Waals surface area contributed by atoms with Gasteiger partial charge in [0, 0.05) is 10.6 Å².